The van der Waals surface area contributed by atoms with Crippen LogP contribution < -0.4 is 0 Å². The largest absolute Gasteiger partial charge is 0.341 e. The van der Waals surface area contributed by atoms with Crippen molar-refractivity contribution in [3.05, 3.63) is 35.4 Å². The zero-order chi connectivity index (χ0) is 15.4. The summed E-state index contributed by atoms with van der Waals surface area (Å²) in [6, 6.07) is 3.47. The van der Waals surface area contributed by atoms with Crippen molar-refractivity contribution < 1.29 is 18.4 Å². The summed E-state index contributed by atoms with van der Waals surface area (Å²) in [5.74, 6) is -2.10. The number of hydrogen-bond donors (Lipinski definition) is 0. The number of carbonyl (C=O) groups excluding carboxylic acids is 2. The second-order valence-electron chi connectivity index (χ2n) is 5.21. The van der Waals surface area contributed by atoms with E-state index in [0.717, 1.165) is 25.0 Å². The van der Waals surface area contributed by atoms with Crippen molar-refractivity contribution in [2.45, 2.75) is 19.3 Å². The molecule has 6 heteroatoms. The summed E-state index contributed by atoms with van der Waals surface area (Å²) < 4.78 is 27.0. The fourth-order valence-corrected chi connectivity index (χ4v) is 2.35. The van der Waals surface area contributed by atoms with Crippen LogP contribution in [0.5, 0.6) is 0 Å². The molecule has 4 nitrogen and oxygen atoms in total. The molecule has 1 heterocycles. The van der Waals surface area contributed by atoms with Gasteiger partial charge in [0.05, 0.1) is 13.0 Å². The highest BCUT2D eigenvalue weighted by atomic mass is 19.1. The van der Waals surface area contributed by atoms with E-state index in [9.17, 15) is 18.4 Å². The zero-order valence-electron chi connectivity index (χ0n) is 11.9. The van der Waals surface area contributed by atoms with Crippen LogP contribution in [0, 0.1) is 11.6 Å². The van der Waals surface area contributed by atoms with Crippen molar-refractivity contribution in [3.63, 3.8) is 0 Å². The maximum atomic E-state index is 13.5. The number of likely N-dealkylation sites (tertiary alicyclic amines) is 1. The Morgan fingerprint density at radius 1 is 1.19 bits per heavy atom. The van der Waals surface area contributed by atoms with Gasteiger partial charge in [-0.05, 0) is 25.0 Å². The highest BCUT2D eigenvalue weighted by Crippen LogP contribution is 2.14. The molecule has 1 aliphatic rings. The van der Waals surface area contributed by atoms with Crippen LogP contribution in [0.1, 0.15) is 18.4 Å². The van der Waals surface area contributed by atoms with E-state index in [1.165, 1.54) is 18.0 Å². The molecule has 0 spiro atoms. The second-order valence-corrected chi connectivity index (χ2v) is 5.21. The van der Waals surface area contributed by atoms with Crippen LogP contribution in [-0.4, -0.2) is 48.3 Å². The molecule has 0 N–H and O–H groups in total. The van der Waals surface area contributed by atoms with Crippen LogP contribution >= 0.6 is 0 Å². The standard InChI is InChI=1S/C15H18F2N2O2/c1-18(10-15(21)19-7-2-3-8-19)14(20)9-11-12(16)5-4-6-13(11)17/h4-6H,2-3,7-10H2,1H3. The summed E-state index contributed by atoms with van der Waals surface area (Å²) in [6.07, 6.45) is 1.57. The molecule has 1 aliphatic heterocycles. The number of benzene rings is 1. The van der Waals surface area contributed by atoms with E-state index in [4.69, 9.17) is 0 Å². The van der Waals surface area contributed by atoms with E-state index in [2.05, 4.69) is 0 Å². The molecule has 1 fully saturated rings. The Morgan fingerprint density at radius 2 is 1.76 bits per heavy atom. The van der Waals surface area contributed by atoms with E-state index >= 15 is 0 Å². The van der Waals surface area contributed by atoms with Crippen LogP contribution in [0.15, 0.2) is 18.2 Å². The van der Waals surface area contributed by atoms with Crippen LogP contribution in [0.4, 0.5) is 8.78 Å². The Balaban J connectivity index is 1.94. The second kappa shape index (κ2) is 6.65. The van der Waals surface area contributed by atoms with Gasteiger partial charge < -0.3 is 9.80 Å². The lowest BCUT2D eigenvalue weighted by molar-refractivity contribution is -0.138. The van der Waals surface area contributed by atoms with Gasteiger partial charge in [-0.25, -0.2) is 8.78 Å². The van der Waals surface area contributed by atoms with E-state index < -0.39 is 17.5 Å². The Morgan fingerprint density at radius 3 is 2.33 bits per heavy atom. The summed E-state index contributed by atoms with van der Waals surface area (Å²) in [4.78, 5) is 26.8. The van der Waals surface area contributed by atoms with Gasteiger partial charge in [0.2, 0.25) is 11.8 Å². The van der Waals surface area contributed by atoms with Crippen molar-refractivity contribution >= 4 is 11.8 Å². The molecule has 1 aromatic carbocycles. The number of rotatable bonds is 4. The minimum absolute atomic E-state index is 0.0606. The minimum Gasteiger partial charge on any atom is -0.341 e. The third-order valence-corrected chi connectivity index (χ3v) is 3.65. The molecule has 0 bridgehead atoms. The quantitative estimate of drug-likeness (QED) is 0.846. The third-order valence-electron chi connectivity index (χ3n) is 3.65. The van der Waals surface area contributed by atoms with Crippen molar-refractivity contribution in [2.24, 2.45) is 0 Å². The maximum Gasteiger partial charge on any atom is 0.242 e. The Labute approximate surface area is 122 Å². The van der Waals surface area contributed by atoms with Gasteiger partial charge in [-0.15, -0.1) is 0 Å². The Kier molecular flexibility index (Phi) is 4.88. The van der Waals surface area contributed by atoms with E-state index in [1.807, 2.05) is 0 Å². The van der Waals surface area contributed by atoms with Gasteiger partial charge in [-0.1, -0.05) is 6.07 Å². The van der Waals surface area contributed by atoms with Crippen molar-refractivity contribution in [1.29, 1.82) is 0 Å². The number of nitrogens with zero attached hydrogens (tertiary/aromatic N) is 2. The zero-order valence-corrected chi connectivity index (χ0v) is 11.9. The predicted octanol–water partition coefficient (Wildman–Crippen LogP) is 1.59. The first-order valence-electron chi connectivity index (χ1n) is 6.93. The van der Waals surface area contributed by atoms with Gasteiger partial charge in [0.15, 0.2) is 0 Å². The molecule has 0 aromatic heterocycles. The average Bonchev–Trinajstić information content (AvgIpc) is 2.97. The van der Waals surface area contributed by atoms with E-state index in [-0.39, 0.29) is 24.4 Å². The molecule has 0 atom stereocenters. The number of hydrogen-bond acceptors (Lipinski definition) is 2. The van der Waals surface area contributed by atoms with E-state index in [1.54, 1.807) is 4.90 Å². The van der Waals surface area contributed by atoms with Gasteiger partial charge in [0.1, 0.15) is 11.6 Å². The van der Waals surface area contributed by atoms with Gasteiger partial charge in [0, 0.05) is 25.7 Å². The van der Waals surface area contributed by atoms with Crippen molar-refractivity contribution in [3.8, 4) is 0 Å². The predicted molar refractivity (Wildman–Crippen MR) is 73.5 cm³/mol. The van der Waals surface area contributed by atoms with Gasteiger partial charge in [0.25, 0.3) is 0 Å². The summed E-state index contributed by atoms with van der Waals surface area (Å²) >= 11 is 0. The molecule has 2 amide bonds. The minimum atomic E-state index is -0.748. The molecule has 0 unspecified atom stereocenters. The SMILES string of the molecule is CN(CC(=O)N1CCCC1)C(=O)Cc1c(F)cccc1F. The average molecular weight is 296 g/mol. The van der Waals surface area contributed by atoms with Gasteiger partial charge in [-0.3, -0.25) is 9.59 Å². The lowest BCUT2D eigenvalue weighted by Gasteiger charge is -2.21. The molecule has 114 valence electrons. The Bertz CT molecular complexity index is 522. The van der Waals surface area contributed by atoms with Crippen molar-refractivity contribution in [1.82, 2.24) is 9.80 Å². The molecule has 0 aliphatic carbocycles. The Hall–Kier alpha value is -1.98. The maximum absolute atomic E-state index is 13.5. The summed E-state index contributed by atoms with van der Waals surface area (Å²) in [7, 11) is 1.47. The lowest BCUT2D eigenvalue weighted by Crippen LogP contribution is -2.40. The van der Waals surface area contributed by atoms with Gasteiger partial charge in [-0.2, -0.15) is 0 Å². The van der Waals surface area contributed by atoms with Crippen LogP contribution in [0.2, 0.25) is 0 Å². The molecule has 1 aromatic rings. The lowest BCUT2D eigenvalue weighted by atomic mass is 10.1. The molecular weight excluding hydrogens is 278 g/mol. The molecule has 1 saturated heterocycles. The summed E-state index contributed by atoms with van der Waals surface area (Å²) in [5, 5.41) is 0. The number of amides is 2. The molecule has 2 rings (SSSR count). The molecular formula is C15H18F2N2O2. The molecule has 21 heavy (non-hydrogen) atoms. The fraction of sp³-hybridized carbons (Fsp3) is 0.467. The topological polar surface area (TPSA) is 40.6 Å². The number of halogens is 2. The highest BCUT2D eigenvalue weighted by molar-refractivity contribution is 5.85. The first-order valence-corrected chi connectivity index (χ1v) is 6.93. The van der Waals surface area contributed by atoms with Gasteiger partial charge >= 0.3 is 0 Å². The number of carbonyl (C=O) groups is 2. The molecule has 0 radical (unpaired) electrons. The smallest absolute Gasteiger partial charge is 0.242 e. The monoisotopic (exact) mass is 296 g/mol. The normalized spacial score (nSPS) is 14.3. The van der Waals surface area contributed by atoms with E-state index in [0.29, 0.717) is 13.1 Å². The van der Waals surface area contributed by atoms with Crippen LogP contribution in [0.3, 0.4) is 0 Å². The summed E-state index contributed by atoms with van der Waals surface area (Å²) in [6.45, 7) is 1.36. The van der Waals surface area contributed by atoms with Crippen LogP contribution in [-0.2, 0) is 16.0 Å². The van der Waals surface area contributed by atoms with Crippen molar-refractivity contribution in [2.75, 3.05) is 26.7 Å². The summed E-state index contributed by atoms with van der Waals surface area (Å²) in [5.41, 5.74) is -0.261. The highest BCUT2D eigenvalue weighted by Gasteiger charge is 2.22. The fourth-order valence-electron chi connectivity index (χ4n) is 2.35. The number of likely N-dealkylation sites (N-methyl/N-ethyl adjacent to an activating group) is 1. The molecule has 0 saturated carbocycles. The first-order chi connectivity index (χ1) is 9.99. The first kappa shape index (κ1) is 15.4. The third kappa shape index (κ3) is 3.77. The van der Waals surface area contributed by atoms with Crippen LogP contribution in [0.25, 0.3) is 0 Å².